The minimum Gasteiger partial charge on any atom is -0.461 e. The predicted octanol–water partition coefficient (Wildman–Crippen LogP) is 1.26. The van der Waals surface area contributed by atoms with Crippen molar-refractivity contribution in [2.45, 2.75) is 6.92 Å². The molecular formula is C12H11N3O3. The highest BCUT2D eigenvalue weighted by Gasteiger charge is 2.17. The Morgan fingerprint density at radius 1 is 1.44 bits per heavy atom. The van der Waals surface area contributed by atoms with Crippen molar-refractivity contribution >= 4 is 12.3 Å². The normalized spacial score (nSPS) is 10.1. The first-order valence-electron chi connectivity index (χ1n) is 5.40. The molecule has 0 aliphatic carbocycles. The van der Waals surface area contributed by atoms with Crippen LogP contribution in [0, 0.1) is 0 Å². The van der Waals surface area contributed by atoms with Gasteiger partial charge in [0.15, 0.2) is 12.0 Å². The Hall–Kier alpha value is -2.50. The van der Waals surface area contributed by atoms with Gasteiger partial charge in [0.2, 0.25) is 0 Å². The molecule has 0 aliphatic rings. The van der Waals surface area contributed by atoms with Crippen molar-refractivity contribution in [3.63, 3.8) is 0 Å². The second-order valence-corrected chi connectivity index (χ2v) is 3.43. The fourth-order valence-corrected chi connectivity index (χ4v) is 1.54. The molecule has 92 valence electrons. The summed E-state index contributed by atoms with van der Waals surface area (Å²) in [4.78, 5) is 22.6. The van der Waals surface area contributed by atoms with Gasteiger partial charge in [-0.1, -0.05) is 17.3 Å². The van der Waals surface area contributed by atoms with E-state index in [1.807, 2.05) is 0 Å². The molecule has 2 rings (SSSR count). The standard InChI is InChI=1S/C12H11N3O3/c1-2-18-12(17)11-7-13-14-15(11)10-6-4-3-5-9(10)8-16/h3-8H,2H2,1H3. The number of carbonyl (C=O) groups excluding carboxylic acids is 2. The average Bonchev–Trinajstić information content (AvgIpc) is 2.88. The summed E-state index contributed by atoms with van der Waals surface area (Å²) in [6, 6.07) is 6.80. The van der Waals surface area contributed by atoms with E-state index >= 15 is 0 Å². The number of aldehydes is 1. The molecule has 0 saturated carbocycles. The van der Waals surface area contributed by atoms with Crippen LogP contribution in [0.25, 0.3) is 5.69 Å². The van der Waals surface area contributed by atoms with Gasteiger partial charge in [-0.2, -0.15) is 0 Å². The first-order valence-corrected chi connectivity index (χ1v) is 5.40. The third-order valence-corrected chi connectivity index (χ3v) is 2.33. The van der Waals surface area contributed by atoms with E-state index in [-0.39, 0.29) is 12.3 Å². The van der Waals surface area contributed by atoms with Crippen molar-refractivity contribution in [3.8, 4) is 5.69 Å². The van der Waals surface area contributed by atoms with Crippen LogP contribution in [0.2, 0.25) is 0 Å². The number of ether oxygens (including phenoxy) is 1. The molecule has 0 radical (unpaired) electrons. The number of nitrogens with zero attached hydrogens (tertiary/aromatic N) is 3. The van der Waals surface area contributed by atoms with Gasteiger partial charge in [-0.05, 0) is 19.1 Å². The van der Waals surface area contributed by atoms with E-state index in [9.17, 15) is 9.59 Å². The molecule has 0 bridgehead atoms. The van der Waals surface area contributed by atoms with Crippen LogP contribution in [-0.2, 0) is 4.74 Å². The molecule has 18 heavy (non-hydrogen) atoms. The van der Waals surface area contributed by atoms with E-state index in [2.05, 4.69) is 10.3 Å². The molecular weight excluding hydrogens is 234 g/mol. The topological polar surface area (TPSA) is 74.1 Å². The summed E-state index contributed by atoms with van der Waals surface area (Å²) in [5.41, 5.74) is 1.10. The van der Waals surface area contributed by atoms with Crippen molar-refractivity contribution in [2.75, 3.05) is 6.61 Å². The first kappa shape index (κ1) is 12.0. The molecule has 0 spiro atoms. The number of para-hydroxylation sites is 1. The lowest BCUT2D eigenvalue weighted by atomic mass is 10.2. The molecule has 0 fully saturated rings. The highest BCUT2D eigenvalue weighted by Crippen LogP contribution is 2.14. The summed E-state index contributed by atoms with van der Waals surface area (Å²) >= 11 is 0. The average molecular weight is 245 g/mol. The number of hydrogen-bond donors (Lipinski definition) is 0. The van der Waals surface area contributed by atoms with Gasteiger partial charge in [0, 0.05) is 5.56 Å². The van der Waals surface area contributed by atoms with Crippen LogP contribution < -0.4 is 0 Å². The van der Waals surface area contributed by atoms with Crippen molar-refractivity contribution in [2.24, 2.45) is 0 Å². The van der Waals surface area contributed by atoms with Crippen LogP contribution in [-0.4, -0.2) is 33.9 Å². The fourth-order valence-electron chi connectivity index (χ4n) is 1.54. The fraction of sp³-hybridized carbons (Fsp3) is 0.167. The minimum atomic E-state index is -0.525. The highest BCUT2D eigenvalue weighted by atomic mass is 16.5. The molecule has 0 atom stereocenters. The third kappa shape index (κ3) is 2.13. The van der Waals surface area contributed by atoms with Gasteiger partial charge in [0.05, 0.1) is 18.5 Å². The molecule has 0 amide bonds. The predicted molar refractivity (Wildman–Crippen MR) is 62.7 cm³/mol. The molecule has 1 heterocycles. The van der Waals surface area contributed by atoms with E-state index in [0.717, 1.165) is 0 Å². The zero-order valence-corrected chi connectivity index (χ0v) is 9.74. The van der Waals surface area contributed by atoms with Gasteiger partial charge in [-0.25, -0.2) is 9.48 Å². The van der Waals surface area contributed by atoms with E-state index < -0.39 is 5.97 Å². The van der Waals surface area contributed by atoms with Gasteiger partial charge in [-0.3, -0.25) is 4.79 Å². The lowest BCUT2D eigenvalue weighted by Gasteiger charge is -2.07. The molecule has 6 nitrogen and oxygen atoms in total. The summed E-state index contributed by atoms with van der Waals surface area (Å²) in [7, 11) is 0. The Labute approximate surface area is 103 Å². The molecule has 2 aromatic rings. The van der Waals surface area contributed by atoms with Gasteiger partial charge in [0.25, 0.3) is 0 Å². The Morgan fingerprint density at radius 2 is 2.22 bits per heavy atom. The lowest BCUT2D eigenvalue weighted by molar-refractivity contribution is 0.0515. The van der Waals surface area contributed by atoms with Crippen molar-refractivity contribution in [3.05, 3.63) is 41.7 Å². The summed E-state index contributed by atoms with van der Waals surface area (Å²) < 4.78 is 6.19. The third-order valence-electron chi connectivity index (χ3n) is 2.33. The van der Waals surface area contributed by atoms with Crippen LogP contribution in [0.5, 0.6) is 0 Å². The second kappa shape index (κ2) is 5.22. The Morgan fingerprint density at radius 3 is 2.94 bits per heavy atom. The highest BCUT2D eigenvalue weighted by molar-refractivity contribution is 5.89. The van der Waals surface area contributed by atoms with Crippen LogP contribution in [0.4, 0.5) is 0 Å². The number of rotatable bonds is 4. The Bertz CT molecular complexity index is 577. The van der Waals surface area contributed by atoms with E-state index in [0.29, 0.717) is 17.5 Å². The molecule has 6 heteroatoms. The number of benzene rings is 1. The van der Waals surface area contributed by atoms with Crippen LogP contribution >= 0.6 is 0 Å². The molecule has 1 aromatic heterocycles. The van der Waals surface area contributed by atoms with Gasteiger partial charge in [-0.15, -0.1) is 5.10 Å². The summed E-state index contributed by atoms with van der Waals surface area (Å²) in [6.07, 6.45) is 2.01. The van der Waals surface area contributed by atoms with E-state index in [1.165, 1.54) is 10.9 Å². The number of carbonyl (C=O) groups is 2. The second-order valence-electron chi connectivity index (χ2n) is 3.43. The maximum absolute atomic E-state index is 11.7. The zero-order chi connectivity index (χ0) is 13.0. The van der Waals surface area contributed by atoms with Crippen molar-refractivity contribution in [1.82, 2.24) is 15.0 Å². The van der Waals surface area contributed by atoms with Crippen molar-refractivity contribution < 1.29 is 14.3 Å². The molecule has 1 aromatic carbocycles. The Balaban J connectivity index is 2.48. The molecule has 0 aliphatic heterocycles. The minimum absolute atomic E-state index is 0.186. The van der Waals surface area contributed by atoms with E-state index in [4.69, 9.17) is 4.74 Å². The van der Waals surface area contributed by atoms with Gasteiger partial charge in [0.1, 0.15) is 0 Å². The summed E-state index contributed by atoms with van der Waals surface area (Å²) in [5, 5.41) is 7.48. The number of aromatic nitrogens is 3. The van der Waals surface area contributed by atoms with Crippen molar-refractivity contribution in [1.29, 1.82) is 0 Å². The van der Waals surface area contributed by atoms with Crippen LogP contribution in [0.15, 0.2) is 30.5 Å². The zero-order valence-electron chi connectivity index (χ0n) is 9.74. The number of hydrogen-bond acceptors (Lipinski definition) is 5. The molecule has 0 N–H and O–H groups in total. The number of esters is 1. The molecule has 0 unspecified atom stereocenters. The van der Waals surface area contributed by atoms with Gasteiger partial charge < -0.3 is 4.74 Å². The quantitative estimate of drug-likeness (QED) is 0.598. The lowest BCUT2D eigenvalue weighted by Crippen LogP contribution is -2.13. The first-order chi connectivity index (χ1) is 8.77. The summed E-state index contributed by atoms with van der Waals surface area (Å²) in [5.74, 6) is -0.525. The smallest absolute Gasteiger partial charge is 0.358 e. The maximum atomic E-state index is 11.7. The van der Waals surface area contributed by atoms with Crippen LogP contribution in [0.1, 0.15) is 27.8 Å². The Kier molecular flexibility index (Phi) is 3.47. The van der Waals surface area contributed by atoms with Crippen LogP contribution in [0.3, 0.4) is 0 Å². The molecule has 0 saturated heterocycles. The van der Waals surface area contributed by atoms with E-state index in [1.54, 1.807) is 31.2 Å². The SMILES string of the molecule is CCOC(=O)c1cnnn1-c1ccccc1C=O. The maximum Gasteiger partial charge on any atom is 0.358 e. The van der Waals surface area contributed by atoms with Gasteiger partial charge >= 0.3 is 5.97 Å². The summed E-state index contributed by atoms with van der Waals surface area (Å²) in [6.45, 7) is 1.98. The largest absolute Gasteiger partial charge is 0.461 e. The monoisotopic (exact) mass is 245 g/mol.